The van der Waals surface area contributed by atoms with Crippen LogP contribution < -0.4 is 33.2 Å². The monoisotopic (exact) mass is 475 g/mol. The Hall–Kier alpha value is -2.97. The first kappa shape index (κ1) is 30.0. The number of nitrogens with two attached hydrogens (primary N) is 3. The van der Waals surface area contributed by atoms with Crippen molar-refractivity contribution in [3.8, 4) is 0 Å². The number of carbonyl (C=O) groups excluding carboxylic acids is 3. The van der Waals surface area contributed by atoms with Crippen LogP contribution in [0.3, 0.4) is 0 Å². The van der Waals surface area contributed by atoms with E-state index in [9.17, 15) is 29.4 Å². The van der Waals surface area contributed by atoms with E-state index in [1.54, 1.807) is 13.8 Å². The largest absolute Gasteiger partial charge is 0.480 e. The highest BCUT2D eigenvalue weighted by Crippen LogP contribution is 2.10. The smallest absolute Gasteiger partial charge is 0.328 e. The summed E-state index contributed by atoms with van der Waals surface area (Å²) in [7, 11) is 0. The Morgan fingerprint density at radius 3 is 2.00 bits per heavy atom. The van der Waals surface area contributed by atoms with Crippen molar-refractivity contribution in [1.82, 2.24) is 16.0 Å². The van der Waals surface area contributed by atoms with Crippen LogP contribution >= 0.6 is 0 Å². The lowest BCUT2D eigenvalue weighted by molar-refractivity contribution is -0.145. The fourth-order valence-electron chi connectivity index (χ4n) is 2.72. The number of carbonyl (C=O) groups is 4. The molecule has 0 aromatic carbocycles. The highest BCUT2D eigenvalue weighted by atomic mass is 16.4. The van der Waals surface area contributed by atoms with Crippen molar-refractivity contribution in [2.45, 2.75) is 70.3 Å². The van der Waals surface area contributed by atoms with Crippen molar-refractivity contribution in [2.75, 3.05) is 13.2 Å². The van der Waals surface area contributed by atoms with E-state index in [2.05, 4.69) is 20.9 Å². The van der Waals surface area contributed by atoms with Gasteiger partial charge in [-0.05, 0) is 25.7 Å². The van der Waals surface area contributed by atoms with Gasteiger partial charge in [0.1, 0.15) is 18.1 Å². The Balaban J connectivity index is 5.62. The third kappa shape index (κ3) is 10.9. The van der Waals surface area contributed by atoms with E-state index < -0.39 is 60.6 Å². The van der Waals surface area contributed by atoms with Crippen molar-refractivity contribution >= 4 is 29.7 Å². The maximum absolute atomic E-state index is 13.0. The number of aliphatic imine (C=N–C) groups is 1. The van der Waals surface area contributed by atoms with Crippen LogP contribution in [-0.2, 0) is 19.2 Å². The third-order valence-electron chi connectivity index (χ3n) is 4.95. The predicted octanol–water partition coefficient (Wildman–Crippen LogP) is -3.67. The van der Waals surface area contributed by atoms with Gasteiger partial charge in [0.05, 0.1) is 12.7 Å². The first-order valence-corrected chi connectivity index (χ1v) is 10.6. The average Bonchev–Trinajstić information content (AvgIpc) is 2.75. The summed E-state index contributed by atoms with van der Waals surface area (Å²) in [5, 5.41) is 35.1. The molecule has 33 heavy (non-hydrogen) atoms. The molecule has 0 heterocycles. The lowest BCUT2D eigenvalue weighted by atomic mass is 9.97. The molecule has 0 radical (unpaired) electrons. The van der Waals surface area contributed by atoms with E-state index in [4.69, 9.17) is 22.3 Å². The highest BCUT2D eigenvalue weighted by molar-refractivity contribution is 5.94. The summed E-state index contributed by atoms with van der Waals surface area (Å²) >= 11 is 0. The van der Waals surface area contributed by atoms with Crippen molar-refractivity contribution in [1.29, 1.82) is 0 Å². The number of aliphatic hydroxyl groups excluding tert-OH is 2. The molecule has 0 rings (SSSR count). The zero-order valence-electron chi connectivity index (χ0n) is 19.2. The molecule has 0 spiro atoms. The molecule has 14 heteroatoms. The molecule has 0 aliphatic heterocycles. The Labute approximate surface area is 192 Å². The first-order chi connectivity index (χ1) is 15.3. The van der Waals surface area contributed by atoms with E-state index in [0.717, 1.165) is 0 Å². The molecule has 12 N–H and O–H groups in total. The Morgan fingerprint density at radius 2 is 1.55 bits per heavy atom. The Kier molecular flexibility index (Phi) is 13.6. The molecular weight excluding hydrogens is 438 g/mol. The summed E-state index contributed by atoms with van der Waals surface area (Å²) in [6, 6.07) is -5.10. The zero-order valence-corrected chi connectivity index (χ0v) is 19.2. The lowest BCUT2D eigenvalue weighted by Gasteiger charge is -2.28. The normalized spacial score (nSPS) is 16.3. The summed E-state index contributed by atoms with van der Waals surface area (Å²) in [5.74, 6) is -4.25. The van der Waals surface area contributed by atoms with Gasteiger partial charge in [-0.25, -0.2) is 4.79 Å². The van der Waals surface area contributed by atoms with Gasteiger partial charge in [-0.15, -0.1) is 0 Å². The number of aliphatic carboxylic acids is 1. The van der Waals surface area contributed by atoms with Crippen molar-refractivity contribution in [2.24, 2.45) is 28.1 Å². The van der Waals surface area contributed by atoms with Gasteiger partial charge in [0.2, 0.25) is 17.7 Å². The first-order valence-electron chi connectivity index (χ1n) is 10.6. The summed E-state index contributed by atoms with van der Waals surface area (Å²) in [4.78, 5) is 52.9. The molecule has 14 nitrogen and oxygen atoms in total. The van der Waals surface area contributed by atoms with E-state index >= 15 is 0 Å². The van der Waals surface area contributed by atoms with E-state index in [1.165, 1.54) is 6.92 Å². The molecule has 6 unspecified atom stereocenters. The van der Waals surface area contributed by atoms with E-state index in [-0.39, 0.29) is 31.3 Å². The molecule has 6 atom stereocenters. The number of nitrogens with zero attached hydrogens (tertiary/aromatic N) is 1. The second-order valence-corrected chi connectivity index (χ2v) is 7.74. The van der Waals surface area contributed by atoms with Crippen LogP contribution in [0.2, 0.25) is 0 Å². The number of hydrogen-bond donors (Lipinski definition) is 9. The number of carboxylic acids is 1. The topological polar surface area (TPSA) is 255 Å². The summed E-state index contributed by atoms with van der Waals surface area (Å²) in [6.07, 6.45) is -0.593. The maximum Gasteiger partial charge on any atom is 0.328 e. The predicted molar refractivity (Wildman–Crippen MR) is 120 cm³/mol. The van der Waals surface area contributed by atoms with Crippen molar-refractivity contribution in [3.05, 3.63) is 0 Å². The van der Waals surface area contributed by atoms with E-state index in [0.29, 0.717) is 6.42 Å². The molecule has 3 amide bonds. The number of aliphatic hydroxyl groups is 2. The number of hydrogen-bond acceptors (Lipinski definition) is 8. The number of rotatable bonds is 15. The standard InChI is InChI=1S/C19H37N7O7/c1-4-9(2)13(25-15(29)11(20)8-27)17(31)24-12(6-5-7-23-19(21)22)16(30)26-14(10(3)28)18(32)33/h9-14,27-28H,4-8,20H2,1-3H3,(H,24,31)(H,25,29)(H,26,30)(H,32,33)(H4,21,22,23). The average molecular weight is 476 g/mol. The lowest BCUT2D eigenvalue weighted by Crippen LogP contribution is -2.59. The van der Waals surface area contributed by atoms with Gasteiger partial charge in [0.25, 0.3) is 0 Å². The van der Waals surface area contributed by atoms with Gasteiger partial charge in [0.15, 0.2) is 12.0 Å². The van der Waals surface area contributed by atoms with Gasteiger partial charge in [-0.1, -0.05) is 20.3 Å². The van der Waals surface area contributed by atoms with Crippen LogP contribution in [0.15, 0.2) is 4.99 Å². The quantitative estimate of drug-likeness (QED) is 0.0636. The summed E-state index contributed by atoms with van der Waals surface area (Å²) in [5.41, 5.74) is 16.0. The molecule has 0 aliphatic rings. The number of amides is 3. The third-order valence-corrected chi connectivity index (χ3v) is 4.95. The fourth-order valence-corrected chi connectivity index (χ4v) is 2.72. The van der Waals surface area contributed by atoms with Gasteiger partial charge in [0, 0.05) is 6.54 Å². The second kappa shape index (κ2) is 15.0. The molecule has 0 fully saturated rings. The molecule has 0 saturated carbocycles. The Morgan fingerprint density at radius 1 is 0.970 bits per heavy atom. The van der Waals surface area contributed by atoms with Crippen LogP contribution in [0.25, 0.3) is 0 Å². The van der Waals surface area contributed by atoms with Gasteiger partial charge in [-0.3, -0.25) is 19.4 Å². The molecule has 0 saturated heterocycles. The SMILES string of the molecule is CCC(C)C(NC(=O)C(N)CO)C(=O)NC(CCCN=C(N)N)C(=O)NC(C(=O)O)C(C)O. The van der Waals surface area contributed by atoms with Crippen molar-refractivity contribution < 1.29 is 34.5 Å². The minimum atomic E-state index is -1.60. The fraction of sp³-hybridized carbons (Fsp3) is 0.737. The summed E-state index contributed by atoms with van der Waals surface area (Å²) < 4.78 is 0. The minimum Gasteiger partial charge on any atom is -0.480 e. The van der Waals surface area contributed by atoms with Crippen LogP contribution in [0.5, 0.6) is 0 Å². The Bertz CT molecular complexity index is 698. The number of carboxylic acid groups (broad SMARTS) is 1. The van der Waals surface area contributed by atoms with Crippen LogP contribution in [0.4, 0.5) is 0 Å². The number of nitrogens with one attached hydrogen (secondary N) is 3. The van der Waals surface area contributed by atoms with Crippen LogP contribution in [0.1, 0.15) is 40.0 Å². The molecule has 190 valence electrons. The van der Waals surface area contributed by atoms with Crippen LogP contribution in [0, 0.1) is 5.92 Å². The molecule has 0 bridgehead atoms. The maximum atomic E-state index is 13.0. The summed E-state index contributed by atoms with van der Waals surface area (Å²) in [6.45, 7) is 4.23. The van der Waals surface area contributed by atoms with Gasteiger partial charge >= 0.3 is 5.97 Å². The minimum absolute atomic E-state index is 0.0395. The molecule has 0 aromatic rings. The number of guanidine groups is 1. The zero-order chi connectivity index (χ0) is 25.7. The van der Waals surface area contributed by atoms with Gasteiger partial charge in [-0.2, -0.15) is 0 Å². The van der Waals surface area contributed by atoms with Gasteiger partial charge < -0.3 is 48.5 Å². The molecule has 0 aromatic heterocycles. The van der Waals surface area contributed by atoms with Crippen molar-refractivity contribution in [3.63, 3.8) is 0 Å². The highest BCUT2D eigenvalue weighted by Gasteiger charge is 2.33. The molecular formula is C19H37N7O7. The second-order valence-electron chi connectivity index (χ2n) is 7.74. The molecule has 0 aliphatic carbocycles. The van der Waals surface area contributed by atoms with Crippen LogP contribution in [-0.4, -0.2) is 88.4 Å². The van der Waals surface area contributed by atoms with E-state index in [1.807, 2.05) is 0 Å².